The molecule has 0 saturated heterocycles. The zero-order chi connectivity index (χ0) is 17.0. The van der Waals surface area contributed by atoms with Gasteiger partial charge in [0.2, 0.25) is 0 Å². The number of nitrogens with zero attached hydrogens (tertiary/aromatic N) is 1. The second-order valence-electron chi connectivity index (χ2n) is 5.30. The first-order valence-corrected chi connectivity index (χ1v) is 9.11. The Hall–Kier alpha value is -2.44. The van der Waals surface area contributed by atoms with Gasteiger partial charge in [-0.05, 0) is 48.9 Å². The maximum absolute atomic E-state index is 12.6. The van der Waals surface area contributed by atoms with E-state index in [9.17, 15) is 8.42 Å². The topological polar surface area (TPSA) is 68.3 Å². The molecule has 0 aliphatic heterocycles. The number of sulfonamides is 1. The Bertz CT molecular complexity index is 955. The van der Waals surface area contributed by atoms with E-state index in [4.69, 9.17) is 4.74 Å². The lowest BCUT2D eigenvalue weighted by Crippen LogP contribution is -2.13. The van der Waals surface area contributed by atoms with E-state index in [2.05, 4.69) is 9.71 Å². The zero-order valence-corrected chi connectivity index (χ0v) is 14.1. The van der Waals surface area contributed by atoms with E-state index < -0.39 is 10.0 Å². The number of hydrogen-bond acceptors (Lipinski definition) is 4. The van der Waals surface area contributed by atoms with Crippen LogP contribution in [-0.4, -0.2) is 20.0 Å². The molecule has 0 saturated carbocycles. The fourth-order valence-electron chi connectivity index (χ4n) is 2.38. The Balaban J connectivity index is 1.87. The number of hydrogen-bond donors (Lipinski definition) is 1. The molecule has 0 fully saturated rings. The van der Waals surface area contributed by atoms with Crippen LogP contribution in [0.3, 0.4) is 0 Å². The van der Waals surface area contributed by atoms with E-state index in [-0.39, 0.29) is 4.90 Å². The summed E-state index contributed by atoms with van der Waals surface area (Å²) in [7, 11) is -3.66. The first kappa shape index (κ1) is 16.4. The number of pyridine rings is 1. The van der Waals surface area contributed by atoms with Gasteiger partial charge in [-0.2, -0.15) is 0 Å². The van der Waals surface area contributed by atoms with Gasteiger partial charge in [0.15, 0.2) is 0 Å². The first-order valence-electron chi connectivity index (χ1n) is 7.63. The summed E-state index contributed by atoms with van der Waals surface area (Å²) in [5.74, 6) is 0. The van der Waals surface area contributed by atoms with Gasteiger partial charge in [-0.1, -0.05) is 18.2 Å². The van der Waals surface area contributed by atoms with Crippen molar-refractivity contribution in [2.24, 2.45) is 0 Å². The minimum absolute atomic E-state index is 0.207. The molecule has 6 heteroatoms. The minimum atomic E-state index is -3.66. The molecule has 0 unspecified atom stereocenters. The van der Waals surface area contributed by atoms with Crippen LogP contribution in [0.4, 0.5) is 5.69 Å². The summed E-state index contributed by atoms with van der Waals surface area (Å²) < 4.78 is 33.2. The van der Waals surface area contributed by atoms with Crippen molar-refractivity contribution in [2.45, 2.75) is 18.4 Å². The van der Waals surface area contributed by atoms with Crippen LogP contribution in [-0.2, 0) is 21.4 Å². The molecule has 0 amide bonds. The highest BCUT2D eigenvalue weighted by Gasteiger charge is 2.15. The molecule has 0 atom stereocenters. The van der Waals surface area contributed by atoms with Gasteiger partial charge in [0.25, 0.3) is 10.0 Å². The van der Waals surface area contributed by atoms with Crippen LogP contribution in [0.15, 0.2) is 65.7 Å². The monoisotopic (exact) mass is 342 g/mol. The Morgan fingerprint density at radius 3 is 2.79 bits per heavy atom. The lowest BCUT2D eigenvalue weighted by atomic mass is 10.2. The van der Waals surface area contributed by atoms with Gasteiger partial charge in [0.05, 0.1) is 17.0 Å². The van der Waals surface area contributed by atoms with Gasteiger partial charge in [-0.3, -0.25) is 9.71 Å². The summed E-state index contributed by atoms with van der Waals surface area (Å²) in [5, 5.41) is 0.783. The molecule has 24 heavy (non-hydrogen) atoms. The average molecular weight is 342 g/mol. The summed E-state index contributed by atoms with van der Waals surface area (Å²) in [6.07, 6.45) is 1.68. The maximum Gasteiger partial charge on any atom is 0.261 e. The molecule has 0 radical (unpaired) electrons. The van der Waals surface area contributed by atoms with Crippen molar-refractivity contribution < 1.29 is 13.2 Å². The van der Waals surface area contributed by atoms with Crippen molar-refractivity contribution >= 4 is 26.6 Å². The van der Waals surface area contributed by atoms with Gasteiger partial charge in [-0.25, -0.2) is 8.42 Å². The normalized spacial score (nSPS) is 11.5. The van der Waals surface area contributed by atoms with Crippen LogP contribution in [0, 0.1) is 0 Å². The van der Waals surface area contributed by atoms with E-state index in [1.807, 2.05) is 19.1 Å². The Morgan fingerprint density at radius 1 is 1.08 bits per heavy atom. The van der Waals surface area contributed by atoms with Crippen LogP contribution in [0.5, 0.6) is 0 Å². The van der Waals surface area contributed by atoms with Crippen molar-refractivity contribution in [1.82, 2.24) is 4.98 Å². The average Bonchev–Trinajstić information content (AvgIpc) is 2.59. The Kier molecular flexibility index (Phi) is 4.78. The molecule has 3 rings (SSSR count). The third-order valence-corrected chi connectivity index (χ3v) is 4.92. The number of anilines is 1. The Labute approximate surface area is 141 Å². The number of fused-ring (bicyclic) bond motifs is 1. The van der Waals surface area contributed by atoms with E-state index in [0.29, 0.717) is 18.9 Å². The van der Waals surface area contributed by atoms with Crippen LogP contribution in [0.25, 0.3) is 10.9 Å². The molecule has 2 aromatic carbocycles. The van der Waals surface area contributed by atoms with Crippen LogP contribution >= 0.6 is 0 Å². The maximum atomic E-state index is 12.6. The third kappa shape index (κ3) is 3.72. The zero-order valence-electron chi connectivity index (χ0n) is 13.3. The van der Waals surface area contributed by atoms with Gasteiger partial charge < -0.3 is 4.74 Å². The predicted octanol–water partition coefficient (Wildman–Crippen LogP) is 3.57. The standard InChI is InChI=1S/C18H18N2O3S/c1-2-23-13-14-5-3-7-16(11-14)20-24(21,22)17-8-9-18-15(12-17)6-4-10-19-18/h3-12,20H,2,13H2,1H3. The van der Waals surface area contributed by atoms with E-state index in [0.717, 1.165) is 16.5 Å². The molecular formula is C18H18N2O3S. The minimum Gasteiger partial charge on any atom is -0.377 e. The molecule has 0 aliphatic rings. The third-order valence-electron chi connectivity index (χ3n) is 3.54. The quantitative estimate of drug-likeness (QED) is 0.743. The number of aromatic nitrogens is 1. The van der Waals surface area contributed by atoms with Crippen molar-refractivity contribution in [3.05, 3.63) is 66.4 Å². The molecule has 1 aromatic heterocycles. The van der Waals surface area contributed by atoms with Crippen molar-refractivity contribution in [3.8, 4) is 0 Å². The van der Waals surface area contributed by atoms with Crippen LogP contribution in [0.1, 0.15) is 12.5 Å². The molecule has 0 bridgehead atoms. The summed E-state index contributed by atoms with van der Waals surface area (Å²) in [6, 6.07) is 15.7. The molecule has 124 valence electrons. The van der Waals surface area contributed by atoms with E-state index in [1.54, 1.807) is 48.7 Å². The summed E-state index contributed by atoms with van der Waals surface area (Å²) in [6.45, 7) is 2.98. The first-order chi connectivity index (χ1) is 11.6. The Morgan fingerprint density at radius 2 is 1.96 bits per heavy atom. The molecular weight excluding hydrogens is 324 g/mol. The molecule has 5 nitrogen and oxygen atoms in total. The number of benzene rings is 2. The predicted molar refractivity (Wildman–Crippen MR) is 94.3 cm³/mol. The smallest absolute Gasteiger partial charge is 0.261 e. The molecule has 0 spiro atoms. The van der Waals surface area contributed by atoms with Crippen molar-refractivity contribution in [3.63, 3.8) is 0 Å². The van der Waals surface area contributed by atoms with E-state index >= 15 is 0 Å². The summed E-state index contributed by atoms with van der Waals surface area (Å²) in [5.41, 5.74) is 2.19. The number of ether oxygens (including phenoxy) is 1. The second-order valence-corrected chi connectivity index (χ2v) is 6.98. The van der Waals surface area contributed by atoms with E-state index in [1.165, 1.54) is 0 Å². The fourth-order valence-corrected chi connectivity index (χ4v) is 3.46. The second kappa shape index (κ2) is 6.98. The lowest BCUT2D eigenvalue weighted by Gasteiger charge is -2.10. The molecule has 1 N–H and O–H groups in total. The number of nitrogens with one attached hydrogen (secondary N) is 1. The number of rotatable bonds is 6. The van der Waals surface area contributed by atoms with Crippen LogP contribution in [0.2, 0.25) is 0 Å². The van der Waals surface area contributed by atoms with Crippen molar-refractivity contribution in [2.75, 3.05) is 11.3 Å². The molecule has 0 aliphatic carbocycles. The van der Waals surface area contributed by atoms with Crippen molar-refractivity contribution in [1.29, 1.82) is 0 Å². The SMILES string of the molecule is CCOCc1cccc(NS(=O)(=O)c2ccc3ncccc3c2)c1. The summed E-state index contributed by atoms with van der Waals surface area (Å²) >= 11 is 0. The largest absolute Gasteiger partial charge is 0.377 e. The fraction of sp³-hybridized carbons (Fsp3) is 0.167. The molecule has 3 aromatic rings. The lowest BCUT2D eigenvalue weighted by molar-refractivity contribution is 0.134. The molecule has 1 heterocycles. The van der Waals surface area contributed by atoms with Gasteiger partial charge >= 0.3 is 0 Å². The highest BCUT2D eigenvalue weighted by atomic mass is 32.2. The van der Waals surface area contributed by atoms with Gasteiger partial charge in [-0.15, -0.1) is 0 Å². The van der Waals surface area contributed by atoms with Crippen LogP contribution < -0.4 is 4.72 Å². The highest BCUT2D eigenvalue weighted by Crippen LogP contribution is 2.21. The van der Waals surface area contributed by atoms with Gasteiger partial charge in [0, 0.05) is 23.9 Å². The summed E-state index contributed by atoms with van der Waals surface area (Å²) in [4.78, 5) is 4.41. The van der Waals surface area contributed by atoms with Gasteiger partial charge in [0.1, 0.15) is 0 Å². The highest BCUT2D eigenvalue weighted by molar-refractivity contribution is 7.92.